The van der Waals surface area contributed by atoms with E-state index in [4.69, 9.17) is 21.8 Å². The van der Waals surface area contributed by atoms with E-state index in [1.54, 1.807) is 6.92 Å². The zero-order chi connectivity index (χ0) is 14.2. The molecule has 0 unspecified atom stereocenters. The third kappa shape index (κ3) is 2.79. The third-order valence-electron chi connectivity index (χ3n) is 2.15. The predicted octanol–water partition coefficient (Wildman–Crippen LogP) is 2.16. The molecule has 0 aliphatic heterocycles. The molecule has 102 valence electrons. The first-order valence-electron chi connectivity index (χ1n) is 4.99. The standard InChI is InChI=1S/C10H9ClFN3O3S/c1-5-4-18-10(14-5)15-19(16,17)8-3-6(13)2-7(11)9(8)12/h2-4H,13H2,1H3,(H,14,15). The Hall–Kier alpha value is -1.80. The molecule has 1 aromatic heterocycles. The summed E-state index contributed by atoms with van der Waals surface area (Å²) < 4.78 is 44.5. The second-order valence-electron chi connectivity index (χ2n) is 3.71. The lowest BCUT2D eigenvalue weighted by Crippen LogP contribution is -2.15. The Morgan fingerprint density at radius 1 is 1.47 bits per heavy atom. The Labute approximate surface area is 113 Å². The zero-order valence-electron chi connectivity index (χ0n) is 9.65. The fraction of sp³-hybridized carbons (Fsp3) is 0.100. The van der Waals surface area contributed by atoms with Crippen LogP contribution >= 0.6 is 11.6 Å². The molecular weight excluding hydrogens is 297 g/mol. The molecule has 6 nitrogen and oxygen atoms in total. The van der Waals surface area contributed by atoms with Crippen LogP contribution in [0.15, 0.2) is 27.7 Å². The number of nitrogens with zero attached hydrogens (tertiary/aromatic N) is 1. The van der Waals surface area contributed by atoms with Gasteiger partial charge in [-0.15, -0.1) is 0 Å². The molecule has 1 aromatic carbocycles. The number of anilines is 2. The minimum absolute atomic E-state index is 0.0235. The van der Waals surface area contributed by atoms with Crippen molar-refractivity contribution in [3.05, 3.63) is 34.9 Å². The molecule has 0 bridgehead atoms. The number of halogens is 2. The number of oxazole rings is 1. The number of nitrogens with two attached hydrogens (primary N) is 1. The molecule has 1 heterocycles. The van der Waals surface area contributed by atoms with E-state index in [9.17, 15) is 12.8 Å². The minimum Gasteiger partial charge on any atom is -0.431 e. The summed E-state index contributed by atoms with van der Waals surface area (Å²) in [6, 6.07) is 1.81. The van der Waals surface area contributed by atoms with Gasteiger partial charge < -0.3 is 10.2 Å². The number of nitrogen functional groups attached to an aromatic ring is 1. The topological polar surface area (TPSA) is 98.2 Å². The smallest absolute Gasteiger partial charge is 0.309 e. The average Bonchev–Trinajstić information content (AvgIpc) is 2.68. The van der Waals surface area contributed by atoms with E-state index in [0.29, 0.717) is 5.69 Å². The molecule has 0 spiro atoms. The van der Waals surface area contributed by atoms with Crippen LogP contribution in [0.5, 0.6) is 0 Å². The van der Waals surface area contributed by atoms with Crippen molar-refractivity contribution < 1.29 is 17.2 Å². The Balaban J connectivity index is 2.45. The molecule has 9 heteroatoms. The summed E-state index contributed by atoms with van der Waals surface area (Å²) >= 11 is 5.55. The van der Waals surface area contributed by atoms with Crippen molar-refractivity contribution >= 4 is 33.3 Å². The maximum atomic E-state index is 13.7. The van der Waals surface area contributed by atoms with Gasteiger partial charge in [0, 0.05) is 5.69 Å². The summed E-state index contributed by atoms with van der Waals surface area (Å²) in [6.45, 7) is 1.61. The highest BCUT2D eigenvalue weighted by Crippen LogP contribution is 2.27. The molecule has 2 rings (SSSR count). The molecule has 0 saturated heterocycles. The Bertz CT molecular complexity index is 730. The van der Waals surface area contributed by atoms with Crippen molar-refractivity contribution in [3.8, 4) is 0 Å². The van der Waals surface area contributed by atoms with E-state index in [2.05, 4.69) is 4.98 Å². The number of nitrogens with one attached hydrogen (secondary N) is 1. The van der Waals surface area contributed by atoms with Gasteiger partial charge in [-0.2, -0.15) is 4.98 Å². The molecule has 0 aliphatic rings. The van der Waals surface area contributed by atoms with E-state index in [1.807, 2.05) is 4.72 Å². The number of hydrogen-bond donors (Lipinski definition) is 2. The molecule has 19 heavy (non-hydrogen) atoms. The summed E-state index contributed by atoms with van der Waals surface area (Å²) in [7, 11) is -4.22. The predicted molar refractivity (Wildman–Crippen MR) is 67.9 cm³/mol. The van der Waals surface area contributed by atoms with Crippen LogP contribution < -0.4 is 10.5 Å². The van der Waals surface area contributed by atoms with Gasteiger partial charge in [-0.25, -0.2) is 17.5 Å². The highest BCUT2D eigenvalue weighted by molar-refractivity contribution is 7.92. The van der Waals surface area contributed by atoms with E-state index in [0.717, 1.165) is 12.1 Å². The van der Waals surface area contributed by atoms with E-state index in [-0.39, 0.29) is 16.7 Å². The number of aryl methyl sites for hydroxylation is 1. The van der Waals surface area contributed by atoms with Crippen molar-refractivity contribution in [1.29, 1.82) is 0 Å². The van der Waals surface area contributed by atoms with Gasteiger partial charge in [0.1, 0.15) is 11.2 Å². The van der Waals surface area contributed by atoms with Crippen LogP contribution in [0.4, 0.5) is 16.1 Å². The summed E-state index contributed by atoms with van der Waals surface area (Å²) in [5.74, 6) is -1.09. The van der Waals surface area contributed by atoms with Gasteiger partial charge in [-0.05, 0) is 19.1 Å². The lowest BCUT2D eigenvalue weighted by Gasteiger charge is -2.07. The molecule has 0 fully saturated rings. The first kappa shape index (κ1) is 13.6. The summed E-state index contributed by atoms with van der Waals surface area (Å²) in [5.41, 5.74) is 5.94. The molecule has 0 saturated carbocycles. The highest BCUT2D eigenvalue weighted by atomic mass is 35.5. The molecule has 2 aromatic rings. The summed E-state index contributed by atoms with van der Waals surface area (Å²) in [4.78, 5) is 3.08. The van der Waals surface area contributed by atoms with Gasteiger partial charge in [-0.3, -0.25) is 0 Å². The van der Waals surface area contributed by atoms with Crippen molar-refractivity contribution in [2.45, 2.75) is 11.8 Å². The van der Waals surface area contributed by atoms with Crippen molar-refractivity contribution in [3.63, 3.8) is 0 Å². The Kier molecular flexibility index (Phi) is 3.38. The lowest BCUT2D eigenvalue weighted by atomic mass is 10.3. The van der Waals surface area contributed by atoms with E-state index >= 15 is 0 Å². The molecule has 0 aliphatic carbocycles. The van der Waals surface area contributed by atoms with Crippen LogP contribution in [0.1, 0.15) is 5.69 Å². The Morgan fingerprint density at radius 3 is 2.74 bits per heavy atom. The van der Waals surface area contributed by atoms with Crippen LogP contribution in [0.25, 0.3) is 0 Å². The first-order chi connectivity index (χ1) is 8.79. The molecule has 0 atom stereocenters. The monoisotopic (exact) mass is 305 g/mol. The van der Waals surface area contributed by atoms with Crippen LogP contribution in [0.2, 0.25) is 5.02 Å². The van der Waals surface area contributed by atoms with Crippen LogP contribution in [-0.4, -0.2) is 13.4 Å². The van der Waals surface area contributed by atoms with Gasteiger partial charge in [0.15, 0.2) is 5.82 Å². The fourth-order valence-corrected chi connectivity index (χ4v) is 2.70. The van der Waals surface area contributed by atoms with Gasteiger partial charge >= 0.3 is 6.01 Å². The molecule has 0 radical (unpaired) electrons. The van der Waals surface area contributed by atoms with Gasteiger partial charge in [0.05, 0.1) is 10.7 Å². The minimum atomic E-state index is -4.22. The van der Waals surface area contributed by atoms with Crippen molar-refractivity contribution in [1.82, 2.24) is 4.98 Å². The maximum Gasteiger partial charge on any atom is 0.309 e. The fourth-order valence-electron chi connectivity index (χ4n) is 1.35. The lowest BCUT2D eigenvalue weighted by molar-refractivity contribution is 0.559. The van der Waals surface area contributed by atoms with Gasteiger partial charge in [0.25, 0.3) is 10.0 Å². The molecular formula is C10H9ClFN3O3S. The number of sulfonamides is 1. The maximum absolute atomic E-state index is 13.7. The molecule has 3 N–H and O–H groups in total. The van der Waals surface area contributed by atoms with Crippen LogP contribution in [-0.2, 0) is 10.0 Å². The van der Waals surface area contributed by atoms with Gasteiger partial charge in [-0.1, -0.05) is 11.6 Å². The van der Waals surface area contributed by atoms with E-state index < -0.39 is 20.7 Å². The molecule has 0 amide bonds. The second-order valence-corrected chi connectivity index (χ2v) is 5.77. The SMILES string of the molecule is Cc1coc(NS(=O)(=O)c2cc(N)cc(Cl)c2F)n1. The van der Waals surface area contributed by atoms with Crippen LogP contribution in [0, 0.1) is 12.7 Å². The van der Waals surface area contributed by atoms with Crippen molar-refractivity contribution in [2.24, 2.45) is 0 Å². The van der Waals surface area contributed by atoms with Crippen LogP contribution in [0.3, 0.4) is 0 Å². The van der Waals surface area contributed by atoms with E-state index in [1.165, 1.54) is 6.26 Å². The van der Waals surface area contributed by atoms with Gasteiger partial charge in [0.2, 0.25) is 0 Å². The Morgan fingerprint density at radius 2 is 2.16 bits per heavy atom. The number of hydrogen-bond acceptors (Lipinski definition) is 5. The third-order valence-corrected chi connectivity index (χ3v) is 3.74. The second kappa shape index (κ2) is 4.71. The largest absolute Gasteiger partial charge is 0.431 e. The number of rotatable bonds is 3. The number of benzene rings is 1. The average molecular weight is 306 g/mol. The summed E-state index contributed by atoms with van der Waals surface area (Å²) in [6.07, 6.45) is 1.25. The van der Waals surface area contributed by atoms with Crippen molar-refractivity contribution in [2.75, 3.05) is 10.5 Å². The highest BCUT2D eigenvalue weighted by Gasteiger charge is 2.23. The zero-order valence-corrected chi connectivity index (χ0v) is 11.2. The quantitative estimate of drug-likeness (QED) is 0.847. The normalized spacial score (nSPS) is 11.5. The summed E-state index contributed by atoms with van der Waals surface area (Å²) in [5, 5.41) is -0.385. The number of aromatic nitrogens is 1. The first-order valence-corrected chi connectivity index (χ1v) is 6.85.